The number of methoxy groups -OCH3 is 1. The van der Waals surface area contributed by atoms with E-state index in [1.165, 1.54) is 17.5 Å². The van der Waals surface area contributed by atoms with E-state index in [1.807, 2.05) is 0 Å². The second-order valence-corrected chi connectivity index (χ2v) is 7.49. The van der Waals surface area contributed by atoms with Crippen LogP contribution in [0.25, 0.3) is 0 Å². The molecule has 5 rings (SSSR count). The first kappa shape index (κ1) is 13.2. The van der Waals surface area contributed by atoms with Gasteiger partial charge in [-0.1, -0.05) is 6.07 Å². The van der Waals surface area contributed by atoms with Crippen LogP contribution in [-0.2, 0) is 16.6 Å². The predicted molar refractivity (Wildman–Crippen MR) is 82.5 cm³/mol. The maximum absolute atomic E-state index is 10.3. The van der Waals surface area contributed by atoms with Gasteiger partial charge in [0.25, 0.3) is 0 Å². The van der Waals surface area contributed by atoms with Crippen LogP contribution < -0.4 is 4.74 Å². The Hall–Kier alpha value is -1.26. The maximum atomic E-state index is 10.3. The summed E-state index contributed by atoms with van der Waals surface area (Å²) in [5.74, 6) is 1.67. The molecule has 2 aliphatic heterocycles. The van der Waals surface area contributed by atoms with Crippen LogP contribution in [0.3, 0.4) is 0 Å². The average molecular weight is 301 g/mol. The van der Waals surface area contributed by atoms with E-state index in [9.17, 15) is 5.11 Å². The molecule has 22 heavy (non-hydrogen) atoms. The second kappa shape index (κ2) is 4.18. The van der Waals surface area contributed by atoms with Crippen LogP contribution in [0.2, 0.25) is 0 Å². The number of hydrogen-bond donors (Lipinski definition) is 1. The van der Waals surface area contributed by atoms with Crippen molar-refractivity contribution in [3.63, 3.8) is 0 Å². The zero-order chi connectivity index (χ0) is 15.1. The molecule has 2 bridgehead atoms. The lowest BCUT2D eigenvalue weighted by molar-refractivity contribution is -0.111. The normalized spacial score (nSPS) is 41.9. The minimum absolute atomic E-state index is 0.0533. The van der Waals surface area contributed by atoms with Crippen molar-refractivity contribution in [3.8, 4) is 11.5 Å². The first-order valence-electron chi connectivity index (χ1n) is 8.42. The summed E-state index contributed by atoms with van der Waals surface area (Å²) in [6.07, 6.45) is 4.65. The van der Waals surface area contributed by atoms with Gasteiger partial charge in [0.05, 0.1) is 6.10 Å². The number of likely N-dealkylation sites (tertiary alicyclic amines) is 1. The van der Waals surface area contributed by atoms with E-state index in [-0.39, 0.29) is 17.6 Å². The predicted octanol–water partition coefficient (Wildman–Crippen LogP) is 2.08. The first-order chi connectivity index (χ1) is 10.7. The molecule has 1 spiro atoms. The Balaban J connectivity index is 1.78. The summed E-state index contributed by atoms with van der Waals surface area (Å²) >= 11 is 0. The molecule has 118 valence electrons. The number of ether oxygens (including phenoxy) is 2. The molecule has 4 nitrogen and oxygen atoms in total. The van der Waals surface area contributed by atoms with Crippen LogP contribution in [0, 0.1) is 5.92 Å². The number of likely N-dealkylation sites (N-methyl/N-ethyl adjacent to an activating group) is 1. The fourth-order valence-corrected chi connectivity index (χ4v) is 5.93. The summed E-state index contributed by atoms with van der Waals surface area (Å²) in [6, 6.07) is 4.51. The Kier molecular flexibility index (Phi) is 2.51. The molecule has 1 saturated carbocycles. The van der Waals surface area contributed by atoms with Crippen molar-refractivity contribution >= 4 is 0 Å². The number of phenols is 1. The SMILES string of the molecule is COC1CCC2C3Cc4ccc(O)c5c4C2(CCN3C)C1O5. The van der Waals surface area contributed by atoms with Crippen molar-refractivity contribution in [3.05, 3.63) is 23.3 Å². The van der Waals surface area contributed by atoms with Gasteiger partial charge in [0.15, 0.2) is 11.5 Å². The lowest BCUT2D eigenvalue weighted by atomic mass is 9.51. The van der Waals surface area contributed by atoms with Crippen LogP contribution in [-0.4, -0.2) is 49.0 Å². The third kappa shape index (κ3) is 1.32. The molecule has 0 aromatic heterocycles. The Bertz CT molecular complexity index is 645. The van der Waals surface area contributed by atoms with Crippen molar-refractivity contribution < 1.29 is 14.6 Å². The van der Waals surface area contributed by atoms with E-state index in [0.29, 0.717) is 17.7 Å². The molecule has 2 fully saturated rings. The number of nitrogens with zero attached hydrogens (tertiary/aromatic N) is 1. The zero-order valence-electron chi connectivity index (χ0n) is 13.2. The number of piperidine rings is 1. The molecule has 0 amide bonds. The fourth-order valence-electron chi connectivity index (χ4n) is 5.93. The third-order valence-corrected chi connectivity index (χ3v) is 6.84. The van der Waals surface area contributed by atoms with Crippen LogP contribution in [0.4, 0.5) is 0 Å². The van der Waals surface area contributed by atoms with Gasteiger partial charge in [0.1, 0.15) is 6.10 Å². The maximum Gasteiger partial charge on any atom is 0.165 e. The van der Waals surface area contributed by atoms with Crippen molar-refractivity contribution in [2.24, 2.45) is 5.92 Å². The van der Waals surface area contributed by atoms with Gasteiger partial charge in [-0.3, -0.25) is 0 Å². The van der Waals surface area contributed by atoms with Gasteiger partial charge < -0.3 is 19.5 Å². The quantitative estimate of drug-likeness (QED) is 0.862. The molecule has 1 aromatic carbocycles. The monoisotopic (exact) mass is 301 g/mol. The minimum Gasteiger partial charge on any atom is -0.504 e. The molecule has 5 unspecified atom stereocenters. The lowest BCUT2D eigenvalue weighted by Gasteiger charge is -2.58. The molecule has 2 heterocycles. The number of hydrogen-bond acceptors (Lipinski definition) is 4. The van der Waals surface area contributed by atoms with E-state index >= 15 is 0 Å². The van der Waals surface area contributed by atoms with E-state index in [2.05, 4.69) is 18.0 Å². The summed E-state index contributed by atoms with van der Waals surface area (Å²) in [7, 11) is 4.06. The topological polar surface area (TPSA) is 41.9 Å². The van der Waals surface area contributed by atoms with Gasteiger partial charge in [-0.05, 0) is 56.8 Å². The third-order valence-electron chi connectivity index (χ3n) is 6.84. The van der Waals surface area contributed by atoms with Gasteiger partial charge in [-0.2, -0.15) is 0 Å². The Morgan fingerprint density at radius 2 is 2.23 bits per heavy atom. The van der Waals surface area contributed by atoms with E-state index in [0.717, 1.165) is 31.6 Å². The van der Waals surface area contributed by atoms with Crippen molar-refractivity contribution in [2.45, 2.75) is 49.3 Å². The van der Waals surface area contributed by atoms with Crippen LogP contribution in [0.1, 0.15) is 30.4 Å². The summed E-state index contributed by atoms with van der Waals surface area (Å²) in [6.45, 7) is 1.10. The number of rotatable bonds is 1. The first-order valence-corrected chi connectivity index (χ1v) is 8.42. The summed E-state index contributed by atoms with van der Waals surface area (Å²) in [4.78, 5) is 2.54. The molecule has 4 aliphatic rings. The molecule has 0 radical (unpaired) electrons. The van der Waals surface area contributed by atoms with Gasteiger partial charge >= 0.3 is 0 Å². The number of aromatic hydroxyl groups is 1. The Morgan fingerprint density at radius 3 is 3.05 bits per heavy atom. The highest BCUT2D eigenvalue weighted by Gasteiger charge is 2.65. The largest absolute Gasteiger partial charge is 0.504 e. The van der Waals surface area contributed by atoms with Gasteiger partial charge in [-0.15, -0.1) is 0 Å². The average Bonchev–Trinajstić information content (AvgIpc) is 2.88. The lowest BCUT2D eigenvalue weighted by Crippen LogP contribution is -2.66. The standard InChI is InChI=1S/C18H23NO3/c1-19-8-7-18-11-4-6-14(21-2)17(18)22-16-13(20)5-3-10(15(16)18)9-12(11)19/h3,5,11-12,14,17,20H,4,6-9H2,1-2H3. The minimum atomic E-state index is 0.0533. The molecule has 1 N–H and O–H groups in total. The molecular formula is C18H23NO3. The number of benzene rings is 1. The molecule has 5 atom stereocenters. The molecule has 1 aromatic rings. The molecular weight excluding hydrogens is 278 g/mol. The fraction of sp³-hybridized carbons (Fsp3) is 0.667. The van der Waals surface area contributed by atoms with Crippen LogP contribution in [0.5, 0.6) is 11.5 Å². The highest BCUT2D eigenvalue weighted by molar-refractivity contribution is 5.60. The highest BCUT2D eigenvalue weighted by Crippen LogP contribution is 2.63. The van der Waals surface area contributed by atoms with Crippen LogP contribution in [0.15, 0.2) is 12.1 Å². The highest BCUT2D eigenvalue weighted by atomic mass is 16.5. The van der Waals surface area contributed by atoms with E-state index in [4.69, 9.17) is 9.47 Å². The zero-order valence-corrected chi connectivity index (χ0v) is 13.2. The van der Waals surface area contributed by atoms with E-state index < -0.39 is 0 Å². The van der Waals surface area contributed by atoms with Crippen molar-refractivity contribution in [2.75, 3.05) is 20.7 Å². The van der Waals surface area contributed by atoms with Gasteiger partial charge in [-0.25, -0.2) is 0 Å². The number of phenolic OH excluding ortho intramolecular Hbond substituents is 1. The molecule has 1 saturated heterocycles. The summed E-state index contributed by atoms with van der Waals surface area (Å²) in [5.41, 5.74) is 2.74. The molecule has 2 aliphatic carbocycles. The van der Waals surface area contributed by atoms with Gasteiger partial charge in [0, 0.05) is 24.1 Å². The van der Waals surface area contributed by atoms with Crippen molar-refractivity contribution in [1.29, 1.82) is 0 Å². The Morgan fingerprint density at radius 1 is 1.36 bits per heavy atom. The second-order valence-electron chi connectivity index (χ2n) is 7.49. The smallest absolute Gasteiger partial charge is 0.165 e. The van der Waals surface area contributed by atoms with Crippen LogP contribution >= 0.6 is 0 Å². The summed E-state index contributed by atoms with van der Waals surface area (Å²) in [5, 5.41) is 10.3. The van der Waals surface area contributed by atoms with E-state index in [1.54, 1.807) is 13.2 Å². The molecule has 4 heteroatoms. The van der Waals surface area contributed by atoms with Crippen molar-refractivity contribution in [1.82, 2.24) is 4.90 Å². The summed E-state index contributed by atoms with van der Waals surface area (Å²) < 4.78 is 12.1. The Labute approximate surface area is 131 Å². The van der Waals surface area contributed by atoms with Gasteiger partial charge in [0.2, 0.25) is 0 Å².